The van der Waals surface area contributed by atoms with Crippen LogP contribution in [-0.4, -0.2) is 35.2 Å². The number of ether oxygens (including phenoxy) is 1. The number of rotatable bonds is 19. The van der Waals surface area contributed by atoms with Gasteiger partial charge in [0.25, 0.3) is 7.82 Å². The number of hydrogen-bond donors (Lipinski definition) is 2. The van der Waals surface area contributed by atoms with Gasteiger partial charge in [-0.25, -0.2) is 0 Å². The van der Waals surface area contributed by atoms with Crippen LogP contribution in [0.4, 0.5) is 0 Å². The first-order valence-electron chi connectivity index (χ1n) is 12.9. The molecule has 7 nitrogen and oxygen atoms in total. The van der Waals surface area contributed by atoms with E-state index in [4.69, 9.17) is 11.7 Å². The minimum atomic E-state index is -5.77. The molecule has 0 aliphatic rings. The molecule has 32 heavy (non-hydrogen) atoms. The van der Waals surface area contributed by atoms with Crippen molar-refractivity contribution >= 4 is 13.8 Å². The maximum Gasteiger partial charge on any atom is 1.00 e. The molecule has 178 valence electrons. The number of allylic oxidation sites excluding steroid dienone is 8. The van der Waals surface area contributed by atoms with Crippen molar-refractivity contribution in [2.45, 2.75) is 77.2 Å². The van der Waals surface area contributed by atoms with Gasteiger partial charge in [-0.1, -0.05) is 68.4 Å². The fourth-order valence-electron chi connectivity index (χ4n) is 2.20. The standard InChI is InChI=1S/C23H39O7P.Na/c1-2-3-4-5-6-7-8-9-10-11-12-13-14-15-16-17-18-19-23(25)29-20-22(24)21-30-31(26,27)28;/h6-7,9-10,12-13,15-16,22,24H,2-5,8,11,14,17-21H2,1H3,(H2,26,27,28);/q;+1/p-1/b7-6-,10-9-,13-12-,16-15-;/i20D2,21D2,22D;. The van der Waals surface area contributed by atoms with Crippen molar-refractivity contribution in [2.75, 3.05) is 13.1 Å². The number of carbonyl (C=O) groups excluding carboxylic acids is 1. The molecule has 0 radical (unpaired) electrons. The van der Waals surface area contributed by atoms with Crippen LogP contribution in [0.5, 0.6) is 0 Å². The van der Waals surface area contributed by atoms with E-state index >= 15 is 0 Å². The minimum Gasteiger partial charge on any atom is -0.756 e. The number of phosphoric acid groups is 1. The van der Waals surface area contributed by atoms with Gasteiger partial charge in [0.05, 0.1) is 13.4 Å². The van der Waals surface area contributed by atoms with Crippen molar-refractivity contribution in [3.8, 4) is 0 Å². The van der Waals surface area contributed by atoms with Crippen LogP contribution in [0.15, 0.2) is 48.6 Å². The van der Waals surface area contributed by atoms with Crippen molar-refractivity contribution in [1.29, 1.82) is 0 Å². The van der Waals surface area contributed by atoms with Crippen molar-refractivity contribution in [2.24, 2.45) is 0 Å². The van der Waals surface area contributed by atoms with Gasteiger partial charge in [0, 0.05) is 6.42 Å². The Morgan fingerprint density at radius 1 is 1.00 bits per heavy atom. The van der Waals surface area contributed by atoms with Crippen LogP contribution < -0.4 is 34.5 Å². The quantitative estimate of drug-likeness (QED) is 0.0937. The average Bonchev–Trinajstić information content (AvgIpc) is 2.73. The first-order valence-corrected chi connectivity index (χ1v) is 11.9. The normalized spacial score (nSPS) is 19.1. The molecule has 0 aromatic rings. The van der Waals surface area contributed by atoms with E-state index < -0.39 is 33.0 Å². The van der Waals surface area contributed by atoms with E-state index in [9.17, 15) is 19.4 Å². The second-order valence-electron chi connectivity index (χ2n) is 6.57. The number of phosphoric ester groups is 1. The third-order valence-electron chi connectivity index (χ3n) is 3.73. The SMILES string of the molecule is [2H]C([2H])(OC(=O)CCC/C=C\C/C=C\C/C=C\C/C=C\CCCCC)C([2H])(O)C([2H])([2H])OP(=O)([O-])O.[Na+]. The largest absolute Gasteiger partial charge is 1.00 e. The molecule has 0 aliphatic carbocycles. The monoisotopic (exact) mass is 485 g/mol. The molecule has 0 fully saturated rings. The molecule has 0 heterocycles. The summed E-state index contributed by atoms with van der Waals surface area (Å²) in [5.41, 5.74) is 0. The molecule has 0 bridgehead atoms. The van der Waals surface area contributed by atoms with E-state index in [0.29, 0.717) is 12.8 Å². The molecule has 0 rings (SSSR count). The molecule has 0 saturated heterocycles. The van der Waals surface area contributed by atoms with E-state index in [1.54, 1.807) is 0 Å². The van der Waals surface area contributed by atoms with Gasteiger partial charge < -0.3 is 24.2 Å². The zero-order valence-electron chi connectivity index (χ0n) is 24.1. The second-order valence-corrected chi connectivity index (χ2v) is 7.69. The Hall–Kier alpha value is -0.500. The predicted octanol–water partition coefficient (Wildman–Crippen LogP) is 1.52. The Balaban J connectivity index is 0. The van der Waals surface area contributed by atoms with Gasteiger partial charge in [0.2, 0.25) is 0 Å². The molecular weight excluding hydrogens is 442 g/mol. The average molecular weight is 486 g/mol. The Morgan fingerprint density at radius 2 is 1.50 bits per heavy atom. The molecule has 2 atom stereocenters. The topological polar surface area (TPSA) is 116 Å². The smallest absolute Gasteiger partial charge is 0.756 e. The van der Waals surface area contributed by atoms with Crippen LogP contribution in [0, 0.1) is 0 Å². The predicted molar refractivity (Wildman–Crippen MR) is 121 cm³/mol. The molecule has 2 unspecified atom stereocenters. The Morgan fingerprint density at radius 3 is 2.00 bits per heavy atom. The minimum absolute atomic E-state index is 0. The van der Waals surface area contributed by atoms with Crippen LogP contribution >= 0.6 is 7.82 Å². The molecule has 9 heteroatoms. The summed E-state index contributed by atoms with van der Waals surface area (Å²) in [4.78, 5) is 31.1. The van der Waals surface area contributed by atoms with Crippen LogP contribution in [0.3, 0.4) is 0 Å². The van der Waals surface area contributed by atoms with Crippen LogP contribution in [0.2, 0.25) is 0 Å². The molecule has 0 aliphatic heterocycles. The Labute approximate surface area is 222 Å². The first kappa shape index (κ1) is 24.6. The number of esters is 1. The fourth-order valence-corrected chi connectivity index (χ4v) is 2.41. The summed E-state index contributed by atoms with van der Waals surface area (Å²) in [6.45, 7) is -5.43. The summed E-state index contributed by atoms with van der Waals surface area (Å²) in [6, 6.07) is 0. The Kier molecular flexibility index (Phi) is 18.2. The zero-order valence-corrected chi connectivity index (χ0v) is 22.0. The van der Waals surface area contributed by atoms with Gasteiger partial charge in [-0.2, -0.15) is 0 Å². The molecule has 0 saturated carbocycles. The van der Waals surface area contributed by atoms with Crippen LogP contribution in [0.25, 0.3) is 0 Å². The van der Waals surface area contributed by atoms with Gasteiger partial charge in [0.1, 0.15) is 12.6 Å². The Bertz CT molecular complexity index is 811. The summed E-state index contributed by atoms with van der Waals surface area (Å²) in [5.74, 6) is -1.17. The summed E-state index contributed by atoms with van der Waals surface area (Å²) in [5, 5.41) is 9.82. The maximum absolute atomic E-state index is 11.8. The van der Waals surface area contributed by atoms with E-state index in [2.05, 4.69) is 40.5 Å². The maximum atomic E-state index is 11.8. The van der Waals surface area contributed by atoms with Gasteiger partial charge in [0.15, 0.2) is 0 Å². The molecule has 0 aromatic carbocycles. The third-order valence-corrected chi connectivity index (χ3v) is 4.05. The zero-order chi connectivity index (χ0) is 27.7. The molecule has 2 N–H and O–H groups in total. The third kappa shape index (κ3) is 27.5. The van der Waals surface area contributed by atoms with E-state index in [-0.39, 0.29) is 42.4 Å². The van der Waals surface area contributed by atoms with Crippen molar-refractivity contribution < 1.29 is 69.9 Å². The summed E-state index contributed by atoms with van der Waals surface area (Å²) in [6.07, 6.45) is 20.1. The molecular formula is C23H38NaO7P. The van der Waals surface area contributed by atoms with E-state index in [1.807, 2.05) is 24.3 Å². The van der Waals surface area contributed by atoms with Crippen molar-refractivity contribution in [1.82, 2.24) is 0 Å². The summed E-state index contributed by atoms with van der Waals surface area (Å²) in [7, 11) is -5.77. The number of unbranched alkanes of at least 4 members (excludes halogenated alkanes) is 4. The van der Waals surface area contributed by atoms with E-state index in [0.717, 1.165) is 19.3 Å². The molecule has 0 spiro atoms. The fraction of sp³-hybridized carbons (Fsp3) is 0.609. The molecule has 0 amide bonds. The van der Waals surface area contributed by atoms with E-state index in [1.165, 1.54) is 19.3 Å². The van der Waals surface area contributed by atoms with Crippen molar-refractivity contribution in [3.63, 3.8) is 0 Å². The second kappa shape index (κ2) is 23.7. The van der Waals surface area contributed by atoms with Crippen LogP contribution in [0.1, 0.15) is 78.0 Å². The molecule has 0 aromatic heterocycles. The number of hydrogen-bond acceptors (Lipinski definition) is 6. The first-order chi connectivity index (χ1) is 16.7. The number of aliphatic hydroxyl groups is 1. The van der Waals surface area contributed by atoms with Gasteiger partial charge in [-0.15, -0.1) is 0 Å². The van der Waals surface area contributed by atoms with Crippen LogP contribution in [-0.2, 0) is 18.6 Å². The summed E-state index contributed by atoms with van der Waals surface area (Å²) >= 11 is 0. The van der Waals surface area contributed by atoms with Gasteiger partial charge in [-0.05, 0) is 44.9 Å². The summed E-state index contributed by atoms with van der Waals surface area (Å²) < 4.78 is 55.5. The number of carbonyl (C=O) groups is 1. The van der Waals surface area contributed by atoms with Gasteiger partial charge in [-0.3, -0.25) is 9.36 Å². The van der Waals surface area contributed by atoms with Crippen molar-refractivity contribution in [3.05, 3.63) is 48.6 Å². The van der Waals surface area contributed by atoms with Gasteiger partial charge >= 0.3 is 35.5 Å².